The normalized spacial score (nSPS) is 19.5. The van der Waals surface area contributed by atoms with Crippen molar-refractivity contribution >= 4 is 22.9 Å². The number of fused-ring (bicyclic) bond motifs is 1. The fraction of sp³-hybridized carbons (Fsp3) is 0.375. The van der Waals surface area contributed by atoms with Crippen molar-refractivity contribution in [2.24, 2.45) is 0 Å². The molecule has 1 aliphatic rings. The van der Waals surface area contributed by atoms with Crippen LogP contribution in [0.1, 0.15) is 35.7 Å². The van der Waals surface area contributed by atoms with E-state index in [9.17, 15) is 4.79 Å². The SMILES string of the molecule is Cc1csc(C(C)NC2CCc3ccccc3NC2=O)n1. The average Bonchev–Trinajstić information content (AvgIpc) is 2.84. The van der Waals surface area contributed by atoms with E-state index >= 15 is 0 Å². The van der Waals surface area contributed by atoms with Crippen molar-refractivity contribution in [3.8, 4) is 0 Å². The zero-order valence-electron chi connectivity index (χ0n) is 12.2. The predicted octanol–water partition coefficient (Wildman–Crippen LogP) is 3.06. The van der Waals surface area contributed by atoms with E-state index in [1.54, 1.807) is 11.3 Å². The van der Waals surface area contributed by atoms with Crippen molar-refractivity contribution in [3.63, 3.8) is 0 Å². The number of aryl methyl sites for hydroxylation is 2. The summed E-state index contributed by atoms with van der Waals surface area (Å²) in [4.78, 5) is 16.8. The lowest BCUT2D eigenvalue weighted by molar-refractivity contribution is -0.118. The van der Waals surface area contributed by atoms with E-state index < -0.39 is 0 Å². The number of aromatic nitrogens is 1. The second-order valence-corrected chi connectivity index (χ2v) is 6.34. The predicted molar refractivity (Wildman–Crippen MR) is 85.6 cm³/mol. The Balaban J connectivity index is 1.71. The smallest absolute Gasteiger partial charge is 0.241 e. The second kappa shape index (κ2) is 5.95. The van der Waals surface area contributed by atoms with Crippen molar-refractivity contribution in [3.05, 3.63) is 45.9 Å². The molecule has 1 aromatic carbocycles. The van der Waals surface area contributed by atoms with Crippen LogP contribution >= 0.6 is 11.3 Å². The number of amides is 1. The van der Waals surface area contributed by atoms with Gasteiger partial charge in [-0.2, -0.15) is 0 Å². The third-order valence-corrected chi connectivity index (χ3v) is 4.90. The van der Waals surface area contributed by atoms with Crippen LogP contribution in [0.15, 0.2) is 29.6 Å². The van der Waals surface area contributed by atoms with E-state index in [1.165, 1.54) is 5.56 Å². The van der Waals surface area contributed by atoms with Crippen LogP contribution in [0.3, 0.4) is 0 Å². The first kappa shape index (κ1) is 14.2. The molecule has 2 unspecified atom stereocenters. The molecule has 1 amide bonds. The van der Waals surface area contributed by atoms with Gasteiger partial charge < -0.3 is 5.32 Å². The van der Waals surface area contributed by atoms with Crippen LogP contribution in [0, 0.1) is 6.92 Å². The first-order chi connectivity index (χ1) is 10.1. The molecule has 5 heteroatoms. The molecule has 4 nitrogen and oxygen atoms in total. The van der Waals surface area contributed by atoms with Crippen LogP contribution in [0.5, 0.6) is 0 Å². The van der Waals surface area contributed by atoms with Gasteiger partial charge in [-0.25, -0.2) is 4.98 Å². The Labute approximate surface area is 128 Å². The Morgan fingerprint density at radius 2 is 2.24 bits per heavy atom. The fourth-order valence-corrected chi connectivity index (χ4v) is 3.43. The van der Waals surface area contributed by atoms with Gasteiger partial charge in [0, 0.05) is 16.8 Å². The summed E-state index contributed by atoms with van der Waals surface area (Å²) in [6.45, 7) is 4.05. The van der Waals surface area contributed by atoms with Crippen molar-refractivity contribution in [1.82, 2.24) is 10.3 Å². The molecule has 110 valence electrons. The van der Waals surface area contributed by atoms with Crippen molar-refractivity contribution in [2.75, 3.05) is 5.32 Å². The lowest BCUT2D eigenvalue weighted by Crippen LogP contribution is -2.41. The summed E-state index contributed by atoms with van der Waals surface area (Å²) in [5, 5.41) is 9.49. The molecular formula is C16H19N3OS. The molecule has 2 N–H and O–H groups in total. The minimum Gasteiger partial charge on any atom is -0.324 e. The molecule has 3 rings (SSSR count). The highest BCUT2D eigenvalue weighted by molar-refractivity contribution is 7.09. The molecule has 2 aromatic rings. The fourth-order valence-electron chi connectivity index (χ4n) is 2.61. The second-order valence-electron chi connectivity index (χ2n) is 5.45. The zero-order chi connectivity index (χ0) is 14.8. The number of rotatable bonds is 3. The summed E-state index contributed by atoms with van der Waals surface area (Å²) >= 11 is 1.63. The molecule has 0 saturated heterocycles. The quantitative estimate of drug-likeness (QED) is 0.916. The van der Waals surface area contributed by atoms with Gasteiger partial charge in [0.2, 0.25) is 5.91 Å². The van der Waals surface area contributed by atoms with Crippen molar-refractivity contribution in [1.29, 1.82) is 0 Å². The number of thiazole rings is 1. The number of nitrogens with one attached hydrogen (secondary N) is 2. The van der Waals surface area contributed by atoms with Crippen molar-refractivity contribution in [2.45, 2.75) is 38.8 Å². The van der Waals surface area contributed by atoms with Crippen LogP contribution in [0.25, 0.3) is 0 Å². The Kier molecular flexibility index (Phi) is 4.03. The highest BCUT2D eigenvalue weighted by Gasteiger charge is 2.25. The van der Waals surface area contributed by atoms with Crippen LogP contribution in [0.4, 0.5) is 5.69 Å². The van der Waals surface area contributed by atoms with Gasteiger partial charge in [-0.3, -0.25) is 10.1 Å². The first-order valence-electron chi connectivity index (χ1n) is 7.20. The molecule has 0 saturated carbocycles. The van der Waals surface area contributed by atoms with Gasteiger partial charge in [0.25, 0.3) is 0 Å². The van der Waals surface area contributed by atoms with E-state index in [2.05, 4.69) is 28.6 Å². The van der Waals surface area contributed by atoms with E-state index in [0.29, 0.717) is 0 Å². The molecule has 0 fully saturated rings. The van der Waals surface area contributed by atoms with E-state index in [-0.39, 0.29) is 18.0 Å². The van der Waals surface area contributed by atoms with Crippen LogP contribution in [-0.4, -0.2) is 16.9 Å². The molecule has 1 aliphatic heterocycles. The maximum Gasteiger partial charge on any atom is 0.241 e. The van der Waals surface area contributed by atoms with Gasteiger partial charge in [0.15, 0.2) is 0 Å². The number of hydrogen-bond donors (Lipinski definition) is 2. The summed E-state index contributed by atoms with van der Waals surface area (Å²) in [5.74, 6) is 0.0417. The zero-order valence-corrected chi connectivity index (χ0v) is 13.0. The molecule has 2 atom stereocenters. The third-order valence-electron chi connectivity index (χ3n) is 3.75. The number of benzene rings is 1. The highest BCUT2D eigenvalue weighted by Crippen LogP contribution is 2.24. The molecular weight excluding hydrogens is 282 g/mol. The standard InChI is InChI=1S/C16H19N3OS/c1-10-9-21-16(17-10)11(2)18-14-8-7-12-5-3-4-6-13(12)19-15(14)20/h3-6,9,11,14,18H,7-8H2,1-2H3,(H,19,20). The molecule has 0 aliphatic carbocycles. The van der Waals surface area contributed by atoms with E-state index in [4.69, 9.17) is 0 Å². The van der Waals surface area contributed by atoms with Gasteiger partial charge in [0.05, 0.1) is 12.1 Å². The Bertz CT molecular complexity index is 652. The third kappa shape index (κ3) is 3.14. The summed E-state index contributed by atoms with van der Waals surface area (Å²) < 4.78 is 0. The number of carbonyl (C=O) groups excluding carboxylic acids is 1. The van der Waals surface area contributed by atoms with Crippen LogP contribution < -0.4 is 10.6 Å². The number of carbonyl (C=O) groups is 1. The maximum atomic E-state index is 12.4. The number of anilines is 1. The Morgan fingerprint density at radius 1 is 1.43 bits per heavy atom. The molecule has 21 heavy (non-hydrogen) atoms. The minimum absolute atomic E-state index is 0.0417. The lowest BCUT2D eigenvalue weighted by atomic mass is 10.1. The van der Waals surface area contributed by atoms with E-state index in [1.807, 2.05) is 30.5 Å². The summed E-state index contributed by atoms with van der Waals surface area (Å²) in [5.41, 5.74) is 3.17. The molecule has 0 radical (unpaired) electrons. The van der Waals surface area contributed by atoms with Crippen molar-refractivity contribution < 1.29 is 4.79 Å². The first-order valence-corrected chi connectivity index (χ1v) is 8.08. The molecule has 0 bridgehead atoms. The van der Waals surface area contributed by atoms with E-state index in [0.717, 1.165) is 29.2 Å². The Hall–Kier alpha value is -1.72. The monoisotopic (exact) mass is 301 g/mol. The van der Waals surface area contributed by atoms with Crippen LogP contribution in [-0.2, 0) is 11.2 Å². The van der Waals surface area contributed by atoms with Gasteiger partial charge in [0.1, 0.15) is 5.01 Å². The molecule has 0 spiro atoms. The van der Waals surface area contributed by atoms with Gasteiger partial charge in [-0.05, 0) is 38.3 Å². The van der Waals surface area contributed by atoms with Gasteiger partial charge >= 0.3 is 0 Å². The lowest BCUT2D eigenvalue weighted by Gasteiger charge is -2.19. The number of hydrogen-bond acceptors (Lipinski definition) is 4. The topological polar surface area (TPSA) is 54.0 Å². The number of nitrogens with zero attached hydrogens (tertiary/aromatic N) is 1. The van der Waals surface area contributed by atoms with Gasteiger partial charge in [-0.1, -0.05) is 18.2 Å². The molecule has 1 aromatic heterocycles. The summed E-state index contributed by atoms with van der Waals surface area (Å²) in [6, 6.07) is 7.90. The summed E-state index contributed by atoms with van der Waals surface area (Å²) in [6.07, 6.45) is 1.70. The maximum absolute atomic E-state index is 12.4. The summed E-state index contributed by atoms with van der Waals surface area (Å²) in [7, 11) is 0. The molecule has 2 heterocycles. The van der Waals surface area contributed by atoms with Crippen LogP contribution in [0.2, 0.25) is 0 Å². The average molecular weight is 301 g/mol. The highest BCUT2D eigenvalue weighted by atomic mass is 32.1. The minimum atomic E-state index is -0.184. The Morgan fingerprint density at radius 3 is 3.00 bits per heavy atom. The van der Waals surface area contributed by atoms with Gasteiger partial charge in [-0.15, -0.1) is 11.3 Å². The largest absolute Gasteiger partial charge is 0.324 e. The number of para-hydroxylation sites is 1.